The number of thioether (sulfide) groups is 1. The van der Waals surface area contributed by atoms with Crippen molar-refractivity contribution in [2.75, 3.05) is 12.9 Å². The van der Waals surface area contributed by atoms with E-state index >= 15 is 0 Å². The quantitative estimate of drug-likeness (QED) is 0.232. The molecule has 2 aromatic carbocycles. The largest absolute Gasteiger partial charge is 0.467 e. The molecule has 33 heavy (non-hydrogen) atoms. The van der Waals surface area contributed by atoms with E-state index in [4.69, 9.17) is 4.74 Å². The molecule has 9 heteroatoms. The Labute approximate surface area is 195 Å². The highest BCUT2D eigenvalue weighted by Crippen LogP contribution is 2.27. The molecular weight excluding hydrogens is 438 g/mol. The van der Waals surface area contributed by atoms with Gasteiger partial charge in [-0.25, -0.2) is 9.78 Å². The number of fused-ring (bicyclic) bond motifs is 3. The fourth-order valence-corrected chi connectivity index (χ4v) is 4.21. The first-order valence-corrected chi connectivity index (χ1v) is 11.4. The molecule has 0 aliphatic rings. The summed E-state index contributed by atoms with van der Waals surface area (Å²) < 4.78 is 6.87. The molecule has 0 bridgehead atoms. The van der Waals surface area contributed by atoms with Gasteiger partial charge in [0.25, 0.3) is 0 Å². The molecule has 1 N–H and O–H groups in total. The number of carbonyl (C=O) groups is 2. The molecule has 0 saturated carbocycles. The highest BCUT2D eigenvalue weighted by Gasteiger charge is 2.22. The van der Waals surface area contributed by atoms with E-state index in [9.17, 15) is 9.59 Å². The predicted octanol–water partition coefficient (Wildman–Crippen LogP) is 3.16. The maximum atomic E-state index is 12.6. The number of esters is 1. The number of benzene rings is 2. The summed E-state index contributed by atoms with van der Waals surface area (Å²) in [7, 11) is 1.30. The number of hydrogen-bond acceptors (Lipinski definition) is 7. The molecular formula is C24H23N5O3S. The fraction of sp³-hybridized carbons (Fsp3) is 0.208. The van der Waals surface area contributed by atoms with Crippen LogP contribution in [0.4, 0.5) is 0 Å². The molecule has 1 amide bonds. The third-order valence-corrected chi connectivity index (χ3v) is 5.94. The van der Waals surface area contributed by atoms with Crippen LogP contribution in [0.2, 0.25) is 0 Å². The number of nitrogens with zero attached hydrogens (tertiary/aromatic N) is 4. The molecule has 0 fully saturated rings. The van der Waals surface area contributed by atoms with Gasteiger partial charge in [-0.2, -0.15) is 0 Å². The first-order chi connectivity index (χ1) is 16.1. The van der Waals surface area contributed by atoms with E-state index in [1.54, 1.807) is 6.08 Å². The fourth-order valence-electron chi connectivity index (χ4n) is 3.62. The predicted molar refractivity (Wildman–Crippen MR) is 128 cm³/mol. The van der Waals surface area contributed by atoms with Crippen LogP contribution in [-0.2, 0) is 27.3 Å². The molecule has 168 valence electrons. The topological polar surface area (TPSA) is 99.0 Å². The van der Waals surface area contributed by atoms with Gasteiger partial charge in [0.1, 0.15) is 11.6 Å². The normalized spacial score (nSPS) is 11.9. The number of para-hydroxylation sites is 1. The van der Waals surface area contributed by atoms with E-state index in [-0.39, 0.29) is 11.7 Å². The van der Waals surface area contributed by atoms with Crippen LogP contribution in [0, 0.1) is 0 Å². The number of rotatable bonds is 9. The van der Waals surface area contributed by atoms with Gasteiger partial charge in [-0.1, -0.05) is 66.4 Å². The van der Waals surface area contributed by atoms with Crippen LogP contribution in [0.3, 0.4) is 0 Å². The van der Waals surface area contributed by atoms with E-state index in [0.29, 0.717) is 29.3 Å². The number of hydrogen-bond donors (Lipinski definition) is 1. The lowest BCUT2D eigenvalue weighted by molar-refractivity contribution is -0.144. The van der Waals surface area contributed by atoms with Crippen LogP contribution in [0.5, 0.6) is 0 Å². The van der Waals surface area contributed by atoms with Crippen molar-refractivity contribution < 1.29 is 14.3 Å². The van der Waals surface area contributed by atoms with Crippen molar-refractivity contribution in [3.63, 3.8) is 0 Å². The third-order valence-electron chi connectivity index (χ3n) is 5.10. The first kappa shape index (κ1) is 22.5. The number of nitrogens with one attached hydrogen (secondary N) is 1. The van der Waals surface area contributed by atoms with E-state index in [0.717, 1.165) is 28.2 Å². The van der Waals surface area contributed by atoms with Crippen molar-refractivity contribution in [1.29, 1.82) is 0 Å². The second-order valence-electron chi connectivity index (χ2n) is 7.30. The lowest BCUT2D eigenvalue weighted by atomic mass is 10.1. The average molecular weight is 462 g/mol. The summed E-state index contributed by atoms with van der Waals surface area (Å²) >= 11 is 1.16. The van der Waals surface area contributed by atoms with Gasteiger partial charge in [0.2, 0.25) is 11.1 Å². The molecule has 0 saturated heterocycles. The van der Waals surface area contributed by atoms with Crippen LogP contribution < -0.4 is 5.32 Å². The molecule has 0 aliphatic carbocycles. The van der Waals surface area contributed by atoms with Gasteiger partial charge in [0, 0.05) is 18.4 Å². The van der Waals surface area contributed by atoms with Crippen LogP contribution in [0.1, 0.15) is 5.56 Å². The van der Waals surface area contributed by atoms with E-state index in [1.165, 1.54) is 7.11 Å². The zero-order chi connectivity index (χ0) is 23.2. The number of ether oxygens (including phenoxy) is 1. The standard InChI is InChI=1S/C24H23N5O3S/c1-3-13-29-19-12-8-7-11-17(19)21-22(29)26-24(28-27-21)33-15-20(30)25-18(23(31)32-2)14-16-9-5-4-6-10-16/h3-12,18H,1,13-15H2,2H3,(H,25,30)/t18-/m1/s1. The lowest BCUT2D eigenvalue weighted by Gasteiger charge is -2.16. The Morgan fingerprint density at radius 3 is 2.67 bits per heavy atom. The zero-order valence-electron chi connectivity index (χ0n) is 18.1. The number of carbonyl (C=O) groups excluding carboxylic acids is 2. The highest BCUT2D eigenvalue weighted by molar-refractivity contribution is 7.99. The monoisotopic (exact) mass is 461 g/mol. The summed E-state index contributed by atoms with van der Waals surface area (Å²) in [5.74, 6) is -0.774. The van der Waals surface area contributed by atoms with Crippen molar-refractivity contribution in [2.45, 2.75) is 24.2 Å². The van der Waals surface area contributed by atoms with E-state index in [1.807, 2.05) is 59.2 Å². The summed E-state index contributed by atoms with van der Waals surface area (Å²) in [6.07, 6.45) is 2.14. The molecule has 2 heterocycles. The van der Waals surface area contributed by atoms with Crippen molar-refractivity contribution in [3.05, 3.63) is 72.8 Å². The van der Waals surface area contributed by atoms with E-state index in [2.05, 4.69) is 27.1 Å². The minimum atomic E-state index is -0.776. The Morgan fingerprint density at radius 2 is 1.91 bits per heavy atom. The summed E-state index contributed by atoms with van der Waals surface area (Å²) in [6, 6.07) is 16.6. The number of amides is 1. The van der Waals surface area contributed by atoms with Gasteiger partial charge >= 0.3 is 5.97 Å². The molecule has 8 nitrogen and oxygen atoms in total. The smallest absolute Gasteiger partial charge is 0.328 e. The Balaban J connectivity index is 1.48. The number of allylic oxidation sites excluding steroid dienone is 1. The summed E-state index contributed by atoms with van der Waals surface area (Å²) in [6.45, 7) is 4.41. The minimum Gasteiger partial charge on any atom is -0.467 e. The Hall–Kier alpha value is -3.72. The third kappa shape index (κ3) is 5.04. The molecule has 0 aliphatic heterocycles. The first-order valence-electron chi connectivity index (χ1n) is 10.4. The van der Waals surface area contributed by atoms with Crippen LogP contribution in [-0.4, -0.2) is 50.5 Å². The van der Waals surface area contributed by atoms with Crippen LogP contribution in [0.15, 0.2) is 72.4 Å². The Morgan fingerprint density at radius 1 is 1.15 bits per heavy atom. The molecule has 0 spiro atoms. The summed E-state index contributed by atoms with van der Waals surface area (Å²) in [4.78, 5) is 29.4. The van der Waals surface area contributed by atoms with Crippen LogP contribution >= 0.6 is 11.8 Å². The van der Waals surface area contributed by atoms with Crippen molar-refractivity contribution >= 4 is 45.7 Å². The van der Waals surface area contributed by atoms with E-state index < -0.39 is 12.0 Å². The van der Waals surface area contributed by atoms with Crippen molar-refractivity contribution in [1.82, 2.24) is 25.1 Å². The molecule has 4 aromatic rings. The zero-order valence-corrected chi connectivity index (χ0v) is 18.9. The average Bonchev–Trinajstić information content (AvgIpc) is 3.16. The van der Waals surface area contributed by atoms with Crippen LogP contribution in [0.25, 0.3) is 22.1 Å². The second kappa shape index (κ2) is 10.3. The molecule has 2 aromatic heterocycles. The number of aromatic nitrogens is 4. The minimum absolute atomic E-state index is 0.0388. The van der Waals surface area contributed by atoms with Crippen molar-refractivity contribution in [2.24, 2.45) is 0 Å². The second-order valence-corrected chi connectivity index (χ2v) is 8.25. The molecule has 0 unspecified atom stereocenters. The summed E-state index contributed by atoms with van der Waals surface area (Å²) in [5, 5.41) is 12.6. The van der Waals surface area contributed by atoms with Gasteiger partial charge in [-0.3, -0.25) is 4.79 Å². The molecule has 4 rings (SSSR count). The number of methoxy groups -OCH3 is 1. The molecule has 0 radical (unpaired) electrons. The van der Waals surface area contributed by atoms with Crippen molar-refractivity contribution in [3.8, 4) is 0 Å². The Kier molecular flexibility index (Phi) is 6.99. The van der Waals surface area contributed by atoms with Gasteiger partial charge in [0.05, 0.1) is 18.4 Å². The van der Waals surface area contributed by atoms with Gasteiger partial charge < -0.3 is 14.6 Å². The van der Waals surface area contributed by atoms with Gasteiger partial charge in [0.15, 0.2) is 5.65 Å². The maximum Gasteiger partial charge on any atom is 0.328 e. The molecule has 1 atom stereocenters. The van der Waals surface area contributed by atoms with Gasteiger partial charge in [-0.05, 0) is 11.6 Å². The Bertz CT molecular complexity index is 1310. The summed E-state index contributed by atoms with van der Waals surface area (Å²) in [5.41, 5.74) is 3.31. The van der Waals surface area contributed by atoms with Gasteiger partial charge in [-0.15, -0.1) is 16.8 Å². The lowest BCUT2D eigenvalue weighted by Crippen LogP contribution is -2.43. The maximum absolute atomic E-state index is 12.6. The SMILES string of the molecule is C=CCn1c2ccccc2c2nnc(SCC(=O)N[C@H](Cc3ccccc3)C(=O)OC)nc21. The highest BCUT2D eigenvalue weighted by atomic mass is 32.2.